The van der Waals surface area contributed by atoms with E-state index in [1.165, 1.54) is 5.56 Å². The first-order chi connectivity index (χ1) is 12.4. The van der Waals surface area contributed by atoms with Gasteiger partial charge in [-0.15, -0.1) is 0 Å². The van der Waals surface area contributed by atoms with E-state index in [2.05, 4.69) is 29.2 Å². The molecule has 0 N–H and O–H groups in total. The molecule has 0 radical (unpaired) electrons. The van der Waals surface area contributed by atoms with Gasteiger partial charge in [-0.2, -0.15) is 0 Å². The molecule has 2 heterocycles. The Bertz CT molecular complexity index is 685. The SMILES string of the molecule is c1ccc(C(COc2ccc3c(c2)OCCO3)N2CCOCC2)cc1. The molecular formula is C20H23NO4. The van der Waals surface area contributed by atoms with Crippen molar-refractivity contribution in [3.8, 4) is 17.2 Å². The van der Waals surface area contributed by atoms with Crippen molar-refractivity contribution in [2.24, 2.45) is 0 Å². The fourth-order valence-corrected chi connectivity index (χ4v) is 3.27. The number of hydrogen-bond donors (Lipinski definition) is 0. The molecule has 0 aromatic heterocycles. The Morgan fingerprint density at radius 1 is 0.880 bits per heavy atom. The lowest BCUT2D eigenvalue weighted by Gasteiger charge is -2.34. The number of rotatable bonds is 5. The predicted molar refractivity (Wildman–Crippen MR) is 94.5 cm³/mol. The highest BCUT2D eigenvalue weighted by Gasteiger charge is 2.23. The van der Waals surface area contributed by atoms with Crippen molar-refractivity contribution in [2.45, 2.75) is 6.04 Å². The third-order valence-corrected chi connectivity index (χ3v) is 4.59. The lowest BCUT2D eigenvalue weighted by Crippen LogP contribution is -2.41. The van der Waals surface area contributed by atoms with Gasteiger partial charge in [0.1, 0.15) is 25.6 Å². The molecule has 2 aromatic rings. The van der Waals surface area contributed by atoms with Crippen molar-refractivity contribution in [3.05, 3.63) is 54.1 Å². The molecule has 25 heavy (non-hydrogen) atoms. The summed E-state index contributed by atoms with van der Waals surface area (Å²) in [5, 5.41) is 0. The van der Waals surface area contributed by atoms with Gasteiger partial charge >= 0.3 is 0 Å². The average Bonchev–Trinajstić information content (AvgIpc) is 2.70. The first-order valence-electron chi connectivity index (χ1n) is 8.79. The van der Waals surface area contributed by atoms with Gasteiger partial charge in [0.05, 0.1) is 19.3 Å². The van der Waals surface area contributed by atoms with Crippen molar-refractivity contribution in [2.75, 3.05) is 46.1 Å². The zero-order valence-electron chi connectivity index (χ0n) is 14.2. The van der Waals surface area contributed by atoms with Crippen LogP contribution in [0.25, 0.3) is 0 Å². The molecule has 1 fully saturated rings. The maximum atomic E-state index is 6.12. The minimum Gasteiger partial charge on any atom is -0.491 e. The molecule has 5 nitrogen and oxygen atoms in total. The van der Waals surface area contributed by atoms with Gasteiger partial charge in [0, 0.05) is 19.2 Å². The largest absolute Gasteiger partial charge is 0.491 e. The fourth-order valence-electron chi connectivity index (χ4n) is 3.27. The minimum absolute atomic E-state index is 0.207. The highest BCUT2D eigenvalue weighted by Crippen LogP contribution is 2.34. The maximum absolute atomic E-state index is 6.12. The molecule has 1 unspecified atom stereocenters. The normalized spacial score (nSPS) is 18.6. The topological polar surface area (TPSA) is 40.2 Å². The summed E-state index contributed by atoms with van der Waals surface area (Å²) in [5.74, 6) is 2.34. The summed E-state index contributed by atoms with van der Waals surface area (Å²) in [5.41, 5.74) is 1.27. The molecule has 0 aliphatic carbocycles. The molecule has 2 aliphatic heterocycles. The van der Waals surface area contributed by atoms with Gasteiger partial charge in [0.15, 0.2) is 11.5 Å². The second kappa shape index (κ2) is 7.76. The third kappa shape index (κ3) is 3.89. The van der Waals surface area contributed by atoms with E-state index in [1.807, 2.05) is 24.3 Å². The van der Waals surface area contributed by atoms with Crippen LogP contribution in [0.2, 0.25) is 0 Å². The number of benzene rings is 2. The Labute approximate surface area is 148 Å². The Kier molecular flexibility index (Phi) is 5.04. The average molecular weight is 341 g/mol. The van der Waals surface area contributed by atoms with Crippen LogP contribution in [0.3, 0.4) is 0 Å². The van der Waals surface area contributed by atoms with Crippen molar-refractivity contribution in [3.63, 3.8) is 0 Å². The number of fused-ring (bicyclic) bond motifs is 1. The van der Waals surface area contributed by atoms with Crippen molar-refractivity contribution < 1.29 is 18.9 Å². The van der Waals surface area contributed by atoms with Gasteiger partial charge in [0.25, 0.3) is 0 Å². The van der Waals surface area contributed by atoms with Crippen LogP contribution in [-0.4, -0.2) is 51.0 Å². The predicted octanol–water partition coefficient (Wildman–Crippen LogP) is 2.91. The molecule has 2 aliphatic rings. The Morgan fingerprint density at radius 2 is 1.64 bits per heavy atom. The summed E-state index contributed by atoms with van der Waals surface area (Å²) in [4.78, 5) is 2.43. The Hall–Kier alpha value is -2.24. The van der Waals surface area contributed by atoms with E-state index >= 15 is 0 Å². The van der Waals surface area contributed by atoms with Crippen LogP contribution >= 0.6 is 0 Å². The van der Waals surface area contributed by atoms with Crippen LogP contribution in [0.4, 0.5) is 0 Å². The second-order valence-electron chi connectivity index (χ2n) is 6.19. The van der Waals surface area contributed by atoms with Crippen molar-refractivity contribution in [1.82, 2.24) is 4.90 Å². The van der Waals surface area contributed by atoms with Gasteiger partial charge < -0.3 is 18.9 Å². The second-order valence-corrected chi connectivity index (χ2v) is 6.19. The van der Waals surface area contributed by atoms with Crippen LogP contribution in [-0.2, 0) is 4.74 Å². The lowest BCUT2D eigenvalue weighted by atomic mass is 10.1. The van der Waals surface area contributed by atoms with Crippen molar-refractivity contribution >= 4 is 0 Å². The van der Waals surface area contributed by atoms with E-state index in [4.69, 9.17) is 18.9 Å². The molecule has 2 aromatic carbocycles. The molecule has 0 amide bonds. The van der Waals surface area contributed by atoms with Gasteiger partial charge in [-0.3, -0.25) is 4.90 Å². The Morgan fingerprint density at radius 3 is 2.44 bits per heavy atom. The summed E-state index contributed by atoms with van der Waals surface area (Å²) in [6, 6.07) is 16.5. The molecule has 4 rings (SSSR count). The van der Waals surface area contributed by atoms with Gasteiger partial charge in [-0.25, -0.2) is 0 Å². The molecular weight excluding hydrogens is 318 g/mol. The molecule has 1 atom stereocenters. The van der Waals surface area contributed by atoms with Crippen LogP contribution in [0.5, 0.6) is 17.2 Å². The highest BCUT2D eigenvalue weighted by molar-refractivity contribution is 5.46. The maximum Gasteiger partial charge on any atom is 0.165 e. The number of morpholine rings is 1. The fraction of sp³-hybridized carbons (Fsp3) is 0.400. The van der Waals surface area contributed by atoms with Crippen LogP contribution in [0, 0.1) is 0 Å². The zero-order chi connectivity index (χ0) is 16.9. The van der Waals surface area contributed by atoms with Crippen LogP contribution in [0.1, 0.15) is 11.6 Å². The first kappa shape index (κ1) is 16.2. The van der Waals surface area contributed by atoms with Crippen molar-refractivity contribution in [1.29, 1.82) is 0 Å². The molecule has 0 bridgehead atoms. The van der Waals surface area contributed by atoms with Gasteiger partial charge in [-0.05, 0) is 17.7 Å². The number of ether oxygens (including phenoxy) is 4. The third-order valence-electron chi connectivity index (χ3n) is 4.59. The molecule has 0 saturated carbocycles. The Balaban J connectivity index is 1.48. The standard InChI is InChI=1S/C20H23NO4/c1-2-4-16(5-3-1)18(21-8-10-22-11-9-21)15-25-17-6-7-19-20(14-17)24-13-12-23-19/h1-7,14,18H,8-13,15H2. The van der Waals surface area contributed by atoms with E-state index < -0.39 is 0 Å². The van der Waals surface area contributed by atoms with E-state index in [9.17, 15) is 0 Å². The van der Waals surface area contributed by atoms with E-state index in [-0.39, 0.29) is 6.04 Å². The first-order valence-corrected chi connectivity index (χ1v) is 8.79. The summed E-state index contributed by atoms with van der Waals surface area (Å²) < 4.78 is 22.8. The zero-order valence-corrected chi connectivity index (χ0v) is 14.2. The molecule has 132 valence electrons. The summed E-state index contributed by atoms with van der Waals surface area (Å²) >= 11 is 0. The summed E-state index contributed by atoms with van der Waals surface area (Å²) in [6.45, 7) is 5.15. The molecule has 5 heteroatoms. The molecule has 0 spiro atoms. The van der Waals surface area contributed by atoms with Gasteiger partial charge in [0.2, 0.25) is 0 Å². The van der Waals surface area contributed by atoms with E-state index in [0.717, 1.165) is 43.6 Å². The summed E-state index contributed by atoms with van der Waals surface area (Å²) in [6.07, 6.45) is 0. The van der Waals surface area contributed by atoms with Gasteiger partial charge in [-0.1, -0.05) is 30.3 Å². The number of hydrogen-bond acceptors (Lipinski definition) is 5. The highest BCUT2D eigenvalue weighted by atomic mass is 16.6. The molecule has 1 saturated heterocycles. The lowest BCUT2D eigenvalue weighted by molar-refractivity contribution is 0.00532. The number of nitrogens with zero attached hydrogens (tertiary/aromatic N) is 1. The monoisotopic (exact) mass is 341 g/mol. The van der Waals surface area contributed by atoms with Crippen LogP contribution < -0.4 is 14.2 Å². The minimum atomic E-state index is 0.207. The summed E-state index contributed by atoms with van der Waals surface area (Å²) in [7, 11) is 0. The smallest absolute Gasteiger partial charge is 0.165 e. The quantitative estimate of drug-likeness (QED) is 0.836. The van der Waals surface area contributed by atoms with E-state index in [1.54, 1.807) is 0 Å². The van der Waals surface area contributed by atoms with E-state index in [0.29, 0.717) is 19.8 Å². The van der Waals surface area contributed by atoms with Crippen LogP contribution in [0.15, 0.2) is 48.5 Å².